The standard InChI is InChI=1S/C9H14OS/c1-3-4-5-8-6-11-7-9(8)10-2/h6-7H,3-5H2,1-2H3. The predicted molar refractivity (Wildman–Crippen MR) is 49.5 cm³/mol. The maximum Gasteiger partial charge on any atom is 0.132 e. The zero-order valence-electron chi connectivity index (χ0n) is 7.09. The van der Waals surface area contributed by atoms with Crippen molar-refractivity contribution in [1.82, 2.24) is 0 Å². The maximum atomic E-state index is 5.19. The Hall–Kier alpha value is -0.500. The van der Waals surface area contributed by atoms with E-state index in [0.29, 0.717) is 0 Å². The van der Waals surface area contributed by atoms with Crippen LogP contribution in [0.15, 0.2) is 10.8 Å². The Kier molecular flexibility index (Phi) is 3.43. The normalized spacial score (nSPS) is 10.0. The van der Waals surface area contributed by atoms with E-state index in [9.17, 15) is 0 Å². The van der Waals surface area contributed by atoms with Crippen molar-refractivity contribution in [2.24, 2.45) is 0 Å². The fraction of sp³-hybridized carbons (Fsp3) is 0.556. The number of hydrogen-bond donors (Lipinski definition) is 0. The van der Waals surface area contributed by atoms with Gasteiger partial charge < -0.3 is 4.74 Å². The van der Waals surface area contributed by atoms with Gasteiger partial charge in [0, 0.05) is 10.9 Å². The van der Waals surface area contributed by atoms with Crippen molar-refractivity contribution < 1.29 is 4.74 Å². The molecule has 1 aromatic heterocycles. The van der Waals surface area contributed by atoms with E-state index in [1.807, 2.05) is 0 Å². The molecule has 0 aliphatic heterocycles. The van der Waals surface area contributed by atoms with Gasteiger partial charge in [-0.2, -0.15) is 0 Å². The Morgan fingerprint density at radius 3 is 2.91 bits per heavy atom. The van der Waals surface area contributed by atoms with Crippen molar-refractivity contribution in [1.29, 1.82) is 0 Å². The van der Waals surface area contributed by atoms with Crippen molar-refractivity contribution in [3.05, 3.63) is 16.3 Å². The van der Waals surface area contributed by atoms with E-state index in [2.05, 4.69) is 17.7 Å². The van der Waals surface area contributed by atoms with E-state index < -0.39 is 0 Å². The zero-order valence-corrected chi connectivity index (χ0v) is 7.91. The van der Waals surface area contributed by atoms with Gasteiger partial charge in [0.2, 0.25) is 0 Å². The van der Waals surface area contributed by atoms with Crippen LogP contribution in [0.25, 0.3) is 0 Å². The van der Waals surface area contributed by atoms with E-state index in [1.165, 1.54) is 18.4 Å². The smallest absolute Gasteiger partial charge is 0.132 e. The van der Waals surface area contributed by atoms with Crippen molar-refractivity contribution in [3.8, 4) is 5.75 Å². The summed E-state index contributed by atoms with van der Waals surface area (Å²) in [7, 11) is 1.73. The minimum absolute atomic E-state index is 1.06. The minimum atomic E-state index is 1.06. The average molecular weight is 170 g/mol. The Labute approximate surface area is 72.0 Å². The van der Waals surface area contributed by atoms with E-state index in [-0.39, 0.29) is 0 Å². The van der Waals surface area contributed by atoms with Gasteiger partial charge >= 0.3 is 0 Å². The van der Waals surface area contributed by atoms with Crippen molar-refractivity contribution in [2.75, 3.05) is 7.11 Å². The SMILES string of the molecule is CCCCc1cscc1OC. The summed E-state index contributed by atoms with van der Waals surface area (Å²) in [5.41, 5.74) is 1.36. The van der Waals surface area contributed by atoms with Gasteiger partial charge in [0.1, 0.15) is 5.75 Å². The summed E-state index contributed by atoms with van der Waals surface area (Å²) in [5.74, 6) is 1.06. The molecule has 2 heteroatoms. The number of aryl methyl sites for hydroxylation is 1. The lowest BCUT2D eigenvalue weighted by Crippen LogP contribution is -1.87. The molecule has 0 amide bonds. The molecular weight excluding hydrogens is 156 g/mol. The highest BCUT2D eigenvalue weighted by molar-refractivity contribution is 7.08. The van der Waals surface area contributed by atoms with Gasteiger partial charge in [-0.3, -0.25) is 0 Å². The zero-order chi connectivity index (χ0) is 8.10. The van der Waals surface area contributed by atoms with Crippen LogP contribution in [0.3, 0.4) is 0 Å². The van der Waals surface area contributed by atoms with E-state index in [0.717, 1.165) is 12.2 Å². The van der Waals surface area contributed by atoms with Crippen LogP contribution in [0.1, 0.15) is 25.3 Å². The van der Waals surface area contributed by atoms with Gasteiger partial charge in [0.15, 0.2) is 0 Å². The summed E-state index contributed by atoms with van der Waals surface area (Å²) in [6, 6.07) is 0. The molecule has 0 aromatic carbocycles. The van der Waals surface area contributed by atoms with Gasteiger partial charge in [0.25, 0.3) is 0 Å². The van der Waals surface area contributed by atoms with Crippen LogP contribution in [0.5, 0.6) is 5.75 Å². The van der Waals surface area contributed by atoms with Crippen LogP contribution in [-0.4, -0.2) is 7.11 Å². The van der Waals surface area contributed by atoms with Crippen LogP contribution >= 0.6 is 11.3 Å². The molecule has 0 atom stereocenters. The molecule has 1 rings (SSSR count). The van der Waals surface area contributed by atoms with E-state index >= 15 is 0 Å². The number of hydrogen-bond acceptors (Lipinski definition) is 2. The highest BCUT2D eigenvalue weighted by Crippen LogP contribution is 2.24. The fourth-order valence-electron chi connectivity index (χ4n) is 1.04. The first kappa shape index (κ1) is 8.60. The third-order valence-corrected chi connectivity index (χ3v) is 2.49. The molecule has 0 bridgehead atoms. The molecule has 1 aromatic rings. The minimum Gasteiger partial charge on any atom is -0.496 e. The van der Waals surface area contributed by atoms with Crippen molar-refractivity contribution in [3.63, 3.8) is 0 Å². The topological polar surface area (TPSA) is 9.23 Å². The second-order valence-corrected chi connectivity index (χ2v) is 3.31. The molecule has 0 radical (unpaired) electrons. The molecule has 0 aliphatic carbocycles. The van der Waals surface area contributed by atoms with Gasteiger partial charge in [-0.1, -0.05) is 13.3 Å². The molecule has 0 unspecified atom stereocenters. The van der Waals surface area contributed by atoms with Crippen LogP contribution in [-0.2, 0) is 6.42 Å². The van der Waals surface area contributed by atoms with Gasteiger partial charge in [-0.25, -0.2) is 0 Å². The Bertz CT molecular complexity index is 205. The summed E-state index contributed by atoms with van der Waals surface area (Å²) in [4.78, 5) is 0. The van der Waals surface area contributed by atoms with Gasteiger partial charge in [-0.15, -0.1) is 11.3 Å². The van der Waals surface area contributed by atoms with Crippen LogP contribution in [0.4, 0.5) is 0 Å². The second-order valence-electron chi connectivity index (χ2n) is 2.57. The monoisotopic (exact) mass is 170 g/mol. The summed E-state index contributed by atoms with van der Waals surface area (Å²) in [6.07, 6.45) is 3.66. The van der Waals surface area contributed by atoms with Crippen LogP contribution in [0.2, 0.25) is 0 Å². The van der Waals surface area contributed by atoms with Crippen LogP contribution in [0, 0.1) is 0 Å². The fourth-order valence-corrected chi connectivity index (χ4v) is 1.88. The second kappa shape index (κ2) is 4.39. The highest BCUT2D eigenvalue weighted by Gasteiger charge is 2.01. The molecule has 11 heavy (non-hydrogen) atoms. The lowest BCUT2D eigenvalue weighted by atomic mass is 10.1. The first-order valence-corrected chi connectivity index (χ1v) is 4.91. The quantitative estimate of drug-likeness (QED) is 0.674. The molecule has 0 N–H and O–H groups in total. The number of thiophene rings is 1. The Balaban J connectivity index is 2.54. The van der Waals surface area contributed by atoms with Crippen LogP contribution < -0.4 is 4.74 Å². The third-order valence-electron chi connectivity index (χ3n) is 1.72. The largest absolute Gasteiger partial charge is 0.496 e. The van der Waals surface area contributed by atoms with E-state index in [1.54, 1.807) is 18.4 Å². The van der Waals surface area contributed by atoms with Gasteiger partial charge in [-0.05, 0) is 18.2 Å². The molecule has 0 saturated carbocycles. The maximum absolute atomic E-state index is 5.19. The first-order chi connectivity index (χ1) is 5.38. The lowest BCUT2D eigenvalue weighted by molar-refractivity contribution is 0.411. The summed E-state index contributed by atoms with van der Waals surface area (Å²) in [6.45, 7) is 2.21. The molecule has 0 aliphatic rings. The predicted octanol–water partition coefficient (Wildman–Crippen LogP) is 3.10. The number of unbranched alkanes of at least 4 members (excludes halogenated alkanes) is 1. The van der Waals surface area contributed by atoms with E-state index in [4.69, 9.17) is 4.74 Å². The van der Waals surface area contributed by atoms with Gasteiger partial charge in [0.05, 0.1) is 7.11 Å². The summed E-state index contributed by atoms with van der Waals surface area (Å²) < 4.78 is 5.19. The molecule has 1 heterocycles. The molecule has 62 valence electrons. The number of ether oxygens (including phenoxy) is 1. The van der Waals surface area contributed by atoms with Crippen molar-refractivity contribution >= 4 is 11.3 Å². The first-order valence-electron chi connectivity index (χ1n) is 3.97. The number of rotatable bonds is 4. The highest BCUT2D eigenvalue weighted by atomic mass is 32.1. The Morgan fingerprint density at radius 2 is 2.27 bits per heavy atom. The van der Waals surface area contributed by atoms with Crippen molar-refractivity contribution in [2.45, 2.75) is 26.2 Å². The summed E-state index contributed by atoms with van der Waals surface area (Å²) in [5, 5.41) is 4.24. The third kappa shape index (κ3) is 2.22. The molecule has 1 nitrogen and oxygen atoms in total. The molecular formula is C9H14OS. The molecule has 0 saturated heterocycles. The Morgan fingerprint density at radius 1 is 1.45 bits per heavy atom. The summed E-state index contributed by atoms with van der Waals surface area (Å²) >= 11 is 1.72. The average Bonchev–Trinajstić information content (AvgIpc) is 2.47. The molecule has 0 spiro atoms. The number of methoxy groups -OCH3 is 1. The lowest BCUT2D eigenvalue weighted by Gasteiger charge is -2.00. The molecule has 0 fully saturated rings.